The third-order valence-corrected chi connectivity index (χ3v) is 2.15. The fourth-order valence-corrected chi connectivity index (χ4v) is 1.37. The molecule has 0 aliphatic heterocycles. The maximum Gasteiger partial charge on any atom is 0.408 e. The van der Waals surface area contributed by atoms with Crippen molar-refractivity contribution in [1.82, 2.24) is 0 Å². The summed E-state index contributed by atoms with van der Waals surface area (Å²) in [7, 11) is 1.30. The van der Waals surface area contributed by atoms with Crippen molar-refractivity contribution in [1.29, 1.82) is 0 Å². The van der Waals surface area contributed by atoms with Crippen molar-refractivity contribution in [3.8, 4) is 5.75 Å². The van der Waals surface area contributed by atoms with Crippen molar-refractivity contribution < 1.29 is 13.5 Å². The van der Waals surface area contributed by atoms with E-state index in [0.29, 0.717) is 9.37 Å². The number of halogens is 3. The van der Waals surface area contributed by atoms with E-state index in [2.05, 4.69) is 33.3 Å². The summed E-state index contributed by atoms with van der Waals surface area (Å²) in [6.07, 6.45) is 0. The average molecular weight is 287 g/mol. The summed E-state index contributed by atoms with van der Waals surface area (Å²) in [4.78, 5) is 0.366. The van der Waals surface area contributed by atoms with Gasteiger partial charge in [-0.05, 0) is 27.4 Å². The molecule has 0 saturated heterocycles. The summed E-state index contributed by atoms with van der Waals surface area (Å²) in [5, 5.41) is 0. The summed E-state index contributed by atoms with van der Waals surface area (Å²) in [6.45, 7) is 0. The van der Waals surface area contributed by atoms with Crippen LogP contribution in [0.1, 0.15) is 0 Å². The third kappa shape index (κ3) is 3.79. The molecular formula is C7H6BrF2OPS. The number of thiol groups is 1. The zero-order chi connectivity index (χ0) is 10.1. The molecular weight excluding hydrogens is 281 g/mol. The van der Waals surface area contributed by atoms with Crippen molar-refractivity contribution >= 4 is 37.8 Å². The minimum absolute atomic E-state index is 0.0395. The zero-order valence-corrected chi connectivity index (χ0v) is 9.93. The Kier molecular flexibility index (Phi) is 3.55. The summed E-state index contributed by atoms with van der Waals surface area (Å²) in [6, 6.07) is 4.69. The third-order valence-electron chi connectivity index (χ3n) is 1.17. The lowest BCUT2D eigenvalue weighted by atomic mass is 10.3. The Morgan fingerprint density at radius 3 is 2.62 bits per heavy atom. The van der Waals surface area contributed by atoms with Gasteiger partial charge in [0.05, 0.1) is 0 Å². The highest BCUT2D eigenvalue weighted by atomic mass is 79.9. The first-order valence-electron chi connectivity index (χ1n) is 3.23. The Morgan fingerprint density at radius 2 is 2.08 bits per heavy atom. The molecule has 1 rings (SSSR count). The quantitative estimate of drug-likeness (QED) is 0.646. The smallest absolute Gasteiger partial charge is 0.408 e. The van der Waals surface area contributed by atoms with Crippen LogP contribution in [0.25, 0.3) is 0 Å². The number of ether oxygens (including phenoxy) is 1. The van der Waals surface area contributed by atoms with Gasteiger partial charge in [0.15, 0.2) is 0 Å². The molecule has 1 atom stereocenters. The van der Waals surface area contributed by atoms with Crippen LogP contribution in [0, 0.1) is 0 Å². The molecule has 0 radical (unpaired) electrons. The predicted octanol–water partition coefficient (Wildman–Crippen LogP) is 3.54. The van der Waals surface area contributed by atoms with Crippen LogP contribution in [0.3, 0.4) is 0 Å². The maximum absolute atomic E-state index is 12.4. The SMILES string of the molecule is FC(F)(P)Oc1cc(Br)ccc1S. The van der Waals surface area contributed by atoms with E-state index in [1.807, 2.05) is 0 Å². The van der Waals surface area contributed by atoms with E-state index in [1.54, 1.807) is 12.1 Å². The highest BCUT2D eigenvalue weighted by molar-refractivity contribution is 9.10. The highest BCUT2D eigenvalue weighted by Gasteiger charge is 2.24. The van der Waals surface area contributed by atoms with Crippen molar-refractivity contribution in [2.75, 3.05) is 0 Å². The lowest BCUT2D eigenvalue weighted by Crippen LogP contribution is -2.15. The second kappa shape index (κ2) is 4.11. The molecule has 1 aromatic carbocycles. The van der Waals surface area contributed by atoms with Crippen LogP contribution in [0.4, 0.5) is 8.78 Å². The van der Waals surface area contributed by atoms with Gasteiger partial charge in [-0.2, -0.15) is 8.78 Å². The molecule has 0 saturated carbocycles. The average Bonchev–Trinajstić information content (AvgIpc) is 1.94. The van der Waals surface area contributed by atoms with E-state index in [9.17, 15) is 8.78 Å². The van der Waals surface area contributed by atoms with E-state index in [0.717, 1.165) is 0 Å². The zero-order valence-electron chi connectivity index (χ0n) is 6.30. The minimum Gasteiger partial charge on any atom is -0.429 e. The van der Waals surface area contributed by atoms with E-state index >= 15 is 0 Å². The summed E-state index contributed by atoms with van der Waals surface area (Å²) < 4.78 is 29.8. The standard InChI is InChI=1S/C7H6BrF2OPS/c8-4-1-2-6(13)5(3-4)11-7(9,10)12/h1-3,13H,12H2. The second-order valence-electron chi connectivity index (χ2n) is 2.28. The highest BCUT2D eigenvalue weighted by Crippen LogP contribution is 2.33. The van der Waals surface area contributed by atoms with Gasteiger partial charge in [-0.15, -0.1) is 12.6 Å². The topological polar surface area (TPSA) is 9.23 Å². The normalized spacial score (nSPS) is 11.5. The lowest BCUT2D eigenvalue weighted by molar-refractivity contribution is -0.0908. The Bertz CT molecular complexity index is 316. The van der Waals surface area contributed by atoms with Crippen LogP contribution >= 0.6 is 37.8 Å². The number of benzene rings is 1. The molecule has 0 fully saturated rings. The second-order valence-corrected chi connectivity index (χ2v) is 4.35. The van der Waals surface area contributed by atoms with Gasteiger partial charge >= 0.3 is 5.85 Å². The van der Waals surface area contributed by atoms with Crippen molar-refractivity contribution in [2.45, 2.75) is 10.7 Å². The van der Waals surface area contributed by atoms with Gasteiger partial charge in [0.1, 0.15) is 5.75 Å². The molecule has 0 heterocycles. The molecule has 13 heavy (non-hydrogen) atoms. The summed E-state index contributed by atoms with van der Waals surface area (Å²) in [5.74, 6) is -3.23. The fourth-order valence-electron chi connectivity index (χ4n) is 0.716. The number of rotatable bonds is 2. The van der Waals surface area contributed by atoms with Gasteiger partial charge < -0.3 is 4.74 Å². The molecule has 0 aromatic heterocycles. The van der Waals surface area contributed by atoms with Crippen molar-refractivity contribution in [2.24, 2.45) is 0 Å². The van der Waals surface area contributed by atoms with E-state index < -0.39 is 5.85 Å². The van der Waals surface area contributed by atoms with Gasteiger partial charge in [0, 0.05) is 9.37 Å². The van der Waals surface area contributed by atoms with Gasteiger partial charge in [-0.1, -0.05) is 15.9 Å². The molecule has 0 bridgehead atoms. The van der Waals surface area contributed by atoms with Crippen molar-refractivity contribution in [3.63, 3.8) is 0 Å². The van der Waals surface area contributed by atoms with Gasteiger partial charge in [-0.25, -0.2) is 0 Å². The molecule has 0 N–H and O–H groups in total. The first-order valence-corrected chi connectivity index (χ1v) is 5.04. The summed E-state index contributed by atoms with van der Waals surface area (Å²) >= 11 is 7.11. The Balaban J connectivity index is 2.94. The molecule has 72 valence electrons. The Labute approximate surface area is 90.6 Å². The van der Waals surface area contributed by atoms with E-state index in [4.69, 9.17) is 0 Å². The number of hydrogen-bond donors (Lipinski definition) is 1. The monoisotopic (exact) mass is 286 g/mol. The fraction of sp³-hybridized carbons (Fsp3) is 0.143. The number of hydrogen-bond acceptors (Lipinski definition) is 2. The van der Waals surface area contributed by atoms with Crippen LogP contribution in [-0.2, 0) is 0 Å². The van der Waals surface area contributed by atoms with Gasteiger partial charge in [-0.3, -0.25) is 0 Å². The van der Waals surface area contributed by atoms with Crippen LogP contribution in [-0.4, -0.2) is 5.85 Å². The van der Waals surface area contributed by atoms with Gasteiger partial charge in [0.2, 0.25) is 0 Å². The molecule has 0 amide bonds. The largest absolute Gasteiger partial charge is 0.429 e. The molecule has 1 unspecified atom stereocenters. The maximum atomic E-state index is 12.4. The van der Waals surface area contributed by atoms with E-state index in [1.165, 1.54) is 15.3 Å². The summed E-state index contributed by atoms with van der Waals surface area (Å²) in [5.41, 5.74) is 0. The number of alkyl halides is 2. The molecule has 1 aromatic rings. The Morgan fingerprint density at radius 1 is 1.46 bits per heavy atom. The van der Waals surface area contributed by atoms with Crippen LogP contribution in [0.2, 0.25) is 0 Å². The molecule has 6 heteroatoms. The predicted molar refractivity (Wildman–Crippen MR) is 56.7 cm³/mol. The first kappa shape index (κ1) is 11.2. The molecule has 0 spiro atoms. The molecule has 1 nitrogen and oxygen atoms in total. The lowest BCUT2D eigenvalue weighted by Gasteiger charge is -2.14. The molecule has 0 aliphatic rings. The minimum atomic E-state index is -3.27. The van der Waals surface area contributed by atoms with E-state index in [-0.39, 0.29) is 5.75 Å². The van der Waals surface area contributed by atoms with Gasteiger partial charge in [0.25, 0.3) is 0 Å². The molecule has 0 aliphatic carbocycles. The van der Waals surface area contributed by atoms with Crippen LogP contribution in [0.5, 0.6) is 5.75 Å². The van der Waals surface area contributed by atoms with Crippen LogP contribution < -0.4 is 4.74 Å². The Hall–Kier alpha value is 0.140. The van der Waals surface area contributed by atoms with Crippen molar-refractivity contribution in [3.05, 3.63) is 22.7 Å². The van der Waals surface area contributed by atoms with Crippen LogP contribution in [0.15, 0.2) is 27.6 Å². The first-order chi connectivity index (χ1) is 5.88.